The fourth-order valence-corrected chi connectivity index (χ4v) is 8.19. The Balaban J connectivity index is 1.42. The topological polar surface area (TPSA) is 0 Å². The average Bonchev–Trinajstić information content (AvgIpc) is 3.23. The zero-order valence-corrected chi connectivity index (χ0v) is 28.6. The van der Waals surface area contributed by atoms with Gasteiger partial charge in [0.15, 0.2) is 0 Å². The van der Waals surface area contributed by atoms with Gasteiger partial charge < -0.3 is 0 Å². The Morgan fingerprint density at radius 1 is 0.192 bits per heavy atom. The molecule has 0 atom stereocenters. The van der Waals surface area contributed by atoms with Gasteiger partial charge in [0.25, 0.3) is 0 Å². The molecule has 0 amide bonds. The highest BCUT2D eigenvalue weighted by atomic mass is 14.2. The Kier molecular flexibility index (Phi) is 7.25. The van der Waals surface area contributed by atoms with Gasteiger partial charge in [-0.2, -0.15) is 0 Å². The zero-order chi connectivity index (χ0) is 34.4. The molecule has 0 bridgehead atoms. The lowest BCUT2D eigenvalue weighted by Crippen LogP contribution is -1.94. The minimum atomic E-state index is 1.21. The number of fused-ring (bicyclic) bond motifs is 4. The Bertz CT molecular complexity index is 2820. The van der Waals surface area contributed by atoms with Gasteiger partial charge in [0, 0.05) is 0 Å². The van der Waals surface area contributed by atoms with E-state index in [0.717, 1.165) is 0 Å². The van der Waals surface area contributed by atoms with Gasteiger partial charge in [-0.3, -0.25) is 0 Å². The molecular formula is C52H34. The lowest BCUT2D eigenvalue weighted by molar-refractivity contribution is 1.62. The van der Waals surface area contributed by atoms with Gasteiger partial charge in [-0.1, -0.05) is 182 Å². The summed E-state index contributed by atoms with van der Waals surface area (Å²) in [5.74, 6) is 0. The fourth-order valence-electron chi connectivity index (χ4n) is 8.19. The smallest absolute Gasteiger partial charge is 0.00195 e. The van der Waals surface area contributed by atoms with E-state index in [1.165, 1.54) is 98.7 Å². The zero-order valence-electron chi connectivity index (χ0n) is 28.6. The maximum Gasteiger partial charge on any atom is -0.00195 e. The third kappa shape index (κ3) is 5.08. The highest BCUT2D eigenvalue weighted by molar-refractivity contribution is 6.26. The molecule has 0 aliphatic rings. The average molecular weight is 659 g/mol. The van der Waals surface area contributed by atoms with Crippen LogP contribution < -0.4 is 0 Å². The maximum absolute atomic E-state index is 2.44. The van der Waals surface area contributed by atoms with Crippen LogP contribution in [0.5, 0.6) is 0 Å². The molecule has 0 heterocycles. The van der Waals surface area contributed by atoms with Crippen LogP contribution >= 0.6 is 0 Å². The van der Waals surface area contributed by atoms with E-state index in [2.05, 4.69) is 206 Å². The van der Waals surface area contributed by atoms with Crippen LogP contribution in [0.4, 0.5) is 0 Å². The molecular weight excluding hydrogens is 625 g/mol. The van der Waals surface area contributed by atoms with Gasteiger partial charge in [-0.25, -0.2) is 0 Å². The van der Waals surface area contributed by atoms with Crippen LogP contribution in [0, 0.1) is 0 Å². The highest BCUT2D eigenvalue weighted by Crippen LogP contribution is 2.49. The monoisotopic (exact) mass is 658 g/mol. The van der Waals surface area contributed by atoms with Crippen molar-refractivity contribution in [1.29, 1.82) is 0 Å². The van der Waals surface area contributed by atoms with Crippen LogP contribution in [-0.4, -0.2) is 0 Å². The maximum atomic E-state index is 2.44. The minimum Gasteiger partial charge on any atom is -0.0622 e. The summed E-state index contributed by atoms with van der Waals surface area (Å²) in [5, 5.41) is 9.98. The van der Waals surface area contributed by atoms with Gasteiger partial charge >= 0.3 is 0 Å². The van der Waals surface area contributed by atoms with Crippen LogP contribution in [0.3, 0.4) is 0 Å². The molecule has 0 fully saturated rings. The summed E-state index contributed by atoms with van der Waals surface area (Å²) in [6, 6.07) is 75.7. The highest BCUT2D eigenvalue weighted by Gasteiger charge is 2.21. The molecule has 10 aromatic rings. The van der Waals surface area contributed by atoms with E-state index in [4.69, 9.17) is 0 Å². The van der Waals surface area contributed by atoms with E-state index < -0.39 is 0 Å². The summed E-state index contributed by atoms with van der Waals surface area (Å²) in [4.78, 5) is 0. The Labute approximate surface area is 303 Å². The molecule has 0 aromatic heterocycles. The first kappa shape index (κ1) is 30.1. The molecule has 0 aliphatic heterocycles. The van der Waals surface area contributed by atoms with Crippen LogP contribution in [-0.2, 0) is 0 Å². The second kappa shape index (κ2) is 12.5. The molecule has 0 nitrogen and oxygen atoms in total. The Morgan fingerprint density at radius 3 is 1.21 bits per heavy atom. The normalized spacial score (nSPS) is 11.5. The van der Waals surface area contributed by atoms with E-state index in [-0.39, 0.29) is 0 Å². The predicted molar refractivity (Wildman–Crippen MR) is 224 cm³/mol. The second-order valence-corrected chi connectivity index (χ2v) is 13.6. The van der Waals surface area contributed by atoms with Crippen molar-refractivity contribution in [2.75, 3.05) is 0 Å². The van der Waals surface area contributed by atoms with Crippen molar-refractivity contribution in [3.05, 3.63) is 206 Å². The lowest BCUT2D eigenvalue weighted by Gasteiger charge is -2.22. The van der Waals surface area contributed by atoms with E-state index in [1.54, 1.807) is 0 Å². The summed E-state index contributed by atoms with van der Waals surface area (Å²) >= 11 is 0. The van der Waals surface area contributed by atoms with Crippen molar-refractivity contribution < 1.29 is 0 Å². The fraction of sp³-hybridized carbons (Fsp3) is 0. The van der Waals surface area contributed by atoms with Crippen molar-refractivity contribution in [1.82, 2.24) is 0 Å². The van der Waals surface area contributed by atoms with Crippen molar-refractivity contribution in [3.8, 4) is 55.6 Å². The molecule has 52 heavy (non-hydrogen) atoms. The van der Waals surface area contributed by atoms with E-state index in [9.17, 15) is 0 Å². The molecule has 10 rings (SSSR count). The quantitative estimate of drug-likeness (QED) is 0.161. The van der Waals surface area contributed by atoms with Gasteiger partial charge in [0.1, 0.15) is 0 Å². The van der Waals surface area contributed by atoms with Gasteiger partial charge in [-0.05, 0) is 123 Å². The first-order valence-corrected chi connectivity index (χ1v) is 18.0. The summed E-state index contributed by atoms with van der Waals surface area (Å²) in [6.45, 7) is 0. The number of rotatable bonds is 5. The number of hydrogen-bond acceptors (Lipinski definition) is 0. The summed E-state index contributed by atoms with van der Waals surface area (Å²) in [6.07, 6.45) is 0. The molecule has 0 saturated carbocycles. The minimum absolute atomic E-state index is 1.21. The molecule has 0 heteroatoms. The third-order valence-corrected chi connectivity index (χ3v) is 10.6. The van der Waals surface area contributed by atoms with Crippen molar-refractivity contribution in [2.45, 2.75) is 0 Å². The van der Waals surface area contributed by atoms with Crippen LogP contribution in [0.25, 0.3) is 98.7 Å². The second-order valence-electron chi connectivity index (χ2n) is 13.6. The van der Waals surface area contributed by atoms with Gasteiger partial charge in [-0.15, -0.1) is 0 Å². The third-order valence-electron chi connectivity index (χ3n) is 10.6. The predicted octanol–water partition coefficient (Wildman–Crippen LogP) is 14.6. The van der Waals surface area contributed by atoms with E-state index in [1.807, 2.05) is 0 Å². The van der Waals surface area contributed by atoms with Crippen molar-refractivity contribution >= 4 is 43.1 Å². The SMILES string of the molecule is c1ccc(-c2cc(-c3c4cc(-c5ccccc5)ccc4c(-c4cccc5ccccc45)c4ccc(-c5ccccc5)cc34)c3ccccc3c2)cc1. The first-order valence-electron chi connectivity index (χ1n) is 18.0. The van der Waals surface area contributed by atoms with Crippen LogP contribution in [0.1, 0.15) is 0 Å². The number of benzene rings is 10. The molecule has 0 saturated heterocycles. The lowest BCUT2D eigenvalue weighted by atomic mass is 9.81. The standard InChI is InChI=1S/C52H34/c1-4-15-35(16-5-1)39-27-29-46-49(32-39)52(48-34-42(37-19-8-3-9-20-37)31-41-22-11-13-25-44(41)48)50-33-40(36-17-6-2-7-18-36)28-30-47(50)51(46)45-26-14-23-38-21-10-12-24-43(38)45/h1-34H. The van der Waals surface area contributed by atoms with Gasteiger partial charge in [0.2, 0.25) is 0 Å². The number of hydrogen-bond donors (Lipinski definition) is 0. The largest absolute Gasteiger partial charge is 0.0622 e. The molecule has 0 N–H and O–H groups in total. The van der Waals surface area contributed by atoms with Gasteiger partial charge in [0.05, 0.1) is 0 Å². The summed E-state index contributed by atoms with van der Waals surface area (Å²) in [5.41, 5.74) is 12.3. The Morgan fingerprint density at radius 2 is 0.635 bits per heavy atom. The van der Waals surface area contributed by atoms with Crippen LogP contribution in [0.15, 0.2) is 206 Å². The molecule has 0 spiro atoms. The van der Waals surface area contributed by atoms with Crippen LogP contribution in [0.2, 0.25) is 0 Å². The van der Waals surface area contributed by atoms with E-state index in [0.29, 0.717) is 0 Å². The molecule has 0 unspecified atom stereocenters. The Hall–Kier alpha value is -6.76. The molecule has 0 aliphatic carbocycles. The van der Waals surface area contributed by atoms with Crippen molar-refractivity contribution in [2.24, 2.45) is 0 Å². The van der Waals surface area contributed by atoms with E-state index >= 15 is 0 Å². The summed E-state index contributed by atoms with van der Waals surface area (Å²) in [7, 11) is 0. The first-order chi connectivity index (χ1) is 25.8. The summed E-state index contributed by atoms with van der Waals surface area (Å²) < 4.78 is 0. The molecule has 0 radical (unpaired) electrons. The molecule has 242 valence electrons. The molecule has 10 aromatic carbocycles. The van der Waals surface area contributed by atoms with Crippen molar-refractivity contribution in [3.63, 3.8) is 0 Å².